The first-order chi connectivity index (χ1) is 12.0. The van der Waals surface area contributed by atoms with Crippen molar-refractivity contribution >= 4 is 17.3 Å². The van der Waals surface area contributed by atoms with Crippen LogP contribution in [0.3, 0.4) is 0 Å². The van der Waals surface area contributed by atoms with E-state index in [1.54, 1.807) is 25.1 Å². The normalized spacial score (nSPS) is 13.9. The summed E-state index contributed by atoms with van der Waals surface area (Å²) in [7, 11) is 0. The van der Waals surface area contributed by atoms with Crippen LogP contribution in [0.2, 0.25) is 0 Å². The highest BCUT2D eigenvalue weighted by molar-refractivity contribution is 5.96. The van der Waals surface area contributed by atoms with Gasteiger partial charge < -0.3 is 20.1 Å². The van der Waals surface area contributed by atoms with E-state index < -0.39 is 35.1 Å². The highest BCUT2D eigenvalue weighted by atomic mass is 19.2. The molecule has 3 rings (SSSR count). The van der Waals surface area contributed by atoms with Crippen molar-refractivity contribution in [3.05, 3.63) is 47.8 Å². The van der Waals surface area contributed by atoms with E-state index in [4.69, 9.17) is 9.47 Å². The highest BCUT2D eigenvalue weighted by Gasteiger charge is 2.19. The average molecular weight is 352 g/mol. The minimum Gasteiger partial charge on any atom is -0.486 e. The Balaban J connectivity index is 1.68. The van der Waals surface area contributed by atoms with Crippen molar-refractivity contribution in [1.82, 2.24) is 0 Å². The minimum atomic E-state index is -1.63. The zero-order valence-electron chi connectivity index (χ0n) is 13.2. The van der Waals surface area contributed by atoms with Gasteiger partial charge in [0.05, 0.1) is 5.69 Å². The number of amides is 1. The van der Waals surface area contributed by atoms with E-state index in [-0.39, 0.29) is 0 Å². The number of hydrogen-bond acceptors (Lipinski definition) is 4. The van der Waals surface area contributed by atoms with Crippen LogP contribution in [0.25, 0.3) is 0 Å². The van der Waals surface area contributed by atoms with E-state index in [2.05, 4.69) is 10.6 Å². The second-order valence-electron chi connectivity index (χ2n) is 5.44. The summed E-state index contributed by atoms with van der Waals surface area (Å²) in [5.41, 5.74) is 0.164. The second kappa shape index (κ2) is 6.92. The third-order valence-corrected chi connectivity index (χ3v) is 3.61. The number of carbonyl (C=O) groups is 1. The molecule has 0 saturated heterocycles. The van der Waals surface area contributed by atoms with Gasteiger partial charge in [0, 0.05) is 11.8 Å². The van der Waals surface area contributed by atoms with Crippen molar-refractivity contribution in [2.45, 2.75) is 13.0 Å². The zero-order chi connectivity index (χ0) is 18.0. The lowest BCUT2D eigenvalue weighted by Crippen LogP contribution is -2.32. The van der Waals surface area contributed by atoms with E-state index in [1.165, 1.54) is 0 Å². The number of hydrogen-bond donors (Lipinski definition) is 2. The van der Waals surface area contributed by atoms with Gasteiger partial charge in [0.1, 0.15) is 19.3 Å². The van der Waals surface area contributed by atoms with E-state index in [1.807, 2.05) is 0 Å². The molecule has 0 aromatic heterocycles. The Kier molecular flexibility index (Phi) is 4.69. The second-order valence-corrected chi connectivity index (χ2v) is 5.44. The third-order valence-electron chi connectivity index (χ3n) is 3.61. The van der Waals surface area contributed by atoms with Crippen molar-refractivity contribution in [3.8, 4) is 11.5 Å². The quantitative estimate of drug-likeness (QED) is 0.829. The van der Waals surface area contributed by atoms with E-state index in [9.17, 15) is 18.0 Å². The van der Waals surface area contributed by atoms with Crippen molar-refractivity contribution < 1.29 is 27.4 Å². The van der Waals surface area contributed by atoms with Crippen LogP contribution >= 0.6 is 0 Å². The van der Waals surface area contributed by atoms with Crippen molar-refractivity contribution in [2.75, 3.05) is 23.8 Å². The molecule has 8 heteroatoms. The Morgan fingerprint density at radius 2 is 1.76 bits per heavy atom. The lowest BCUT2D eigenvalue weighted by molar-refractivity contribution is -0.116. The summed E-state index contributed by atoms with van der Waals surface area (Å²) in [6.45, 7) is 2.45. The van der Waals surface area contributed by atoms with Gasteiger partial charge in [0.2, 0.25) is 5.91 Å². The summed E-state index contributed by atoms with van der Waals surface area (Å²) in [5, 5.41) is 5.14. The third kappa shape index (κ3) is 3.62. The van der Waals surface area contributed by atoms with Gasteiger partial charge in [-0.1, -0.05) is 0 Å². The molecule has 2 aromatic carbocycles. The van der Waals surface area contributed by atoms with Crippen LogP contribution in [0.15, 0.2) is 30.3 Å². The molecule has 2 aromatic rings. The first-order valence-corrected chi connectivity index (χ1v) is 7.56. The molecule has 1 amide bonds. The summed E-state index contributed by atoms with van der Waals surface area (Å²) >= 11 is 0. The number of fused-ring (bicyclic) bond motifs is 1. The summed E-state index contributed by atoms with van der Waals surface area (Å²) in [6.07, 6.45) is 0. The molecule has 5 nitrogen and oxygen atoms in total. The predicted octanol–water partition coefficient (Wildman–Crippen LogP) is 3.31. The number of anilines is 2. The fraction of sp³-hybridized carbons (Fsp3) is 0.235. The van der Waals surface area contributed by atoms with Crippen molar-refractivity contribution in [2.24, 2.45) is 0 Å². The molecule has 0 fully saturated rings. The molecule has 2 N–H and O–H groups in total. The fourth-order valence-electron chi connectivity index (χ4n) is 2.31. The van der Waals surface area contributed by atoms with Crippen LogP contribution < -0.4 is 20.1 Å². The van der Waals surface area contributed by atoms with Gasteiger partial charge in [-0.15, -0.1) is 0 Å². The van der Waals surface area contributed by atoms with Crippen molar-refractivity contribution in [1.29, 1.82) is 0 Å². The standard InChI is InChI=1S/C17H15F3N2O3/c1-9(17(23)22-12-4-3-11(18)15(19)16(12)20)21-10-2-5-13-14(8-10)25-7-6-24-13/h2-5,8-9,21H,6-7H2,1H3,(H,22,23)/t9-/m1/s1. The zero-order valence-corrected chi connectivity index (χ0v) is 13.2. The van der Waals surface area contributed by atoms with Gasteiger partial charge in [-0.2, -0.15) is 0 Å². The molecular weight excluding hydrogens is 337 g/mol. The number of nitrogens with one attached hydrogen (secondary N) is 2. The molecule has 0 aliphatic carbocycles. The largest absolute Gasteiger partial charge is 0.486 e. The molecule has 0 radical (unpaired) electrons. The summed E-state index contributed by atoms with van der Waals surface area (Å²) in [5.74, 6) is -3.85. The monoisotopic (exact) mass is 352 g/mol. The predicted molar refractivity (Wildman–Crippen MR) is 85.5 cm³/mol. The SMILES string of the molecule is C[C@@H](Nc1ccc2c(c1)OCCO2)C(=O)Nc1ccc(F)c(F)c1F. The van der Waals surface area contributed by atoms with Crippen LogP contribution in [0.4, 0.5) is 24.5 Å². The first-order valence-electron chi connectivity index (χ1n) is 7.56. The molecule has 0 spiro atoms. The van der Waals surface area contributed by atoms with Crippen LogP contribution in [0.1, 0.15) is 6.92 Å². The lowest BCUT2D eigenvalue weighted by atomic mass is 10.2. The highest BCUT2D eigenvalue weighted by Crippen LogP contribution is 2.32. The smallest absolute Gasteiger partial charge is 0.246 e. The summed E-state index contributed by atoms with van der Waals surface area (Å²) in [4.78, 5) is 12.1. The maximum Gasteiger partial charge on any atom is 0.246 e. The molecule has 0 bridgehead atoms. The van der Waals surface area contributed by atoms with Crippen LogP contribution in [0.5, 0.6) is 11.5 Å². The topological polar surface area (TPSA) is 59.6 Å². The molecule has 1 aliphatic rings. The number of carbonyl (C=O) groups excluding carboxylic acids is 1. The summed E-state index contributed by atoms with van der Waals surface area (Å²) in [6, 6.07) is 6.02. The molecule has 1 aliphatic heterocycles. The maximum atomic E-state index is 13.6. The number of ether oxygens (including phenoxy) is 2. The molecule has 0 unspecified atom stereocenters. The van der Waals surface area contributed by atoms with Gasteiger partial charge in [0.15, 0.2) is 29.0 Å². The molecular formula is C17H15F3N2O3. The van der Waals surface area contributed by atoms with Crippen molar-refractivity contribution in [3.63, 3.8) is 0 Å². The van der Waals surface area contributed by atoms with E-state index in [0.29, 0.717) is 30.4 Å². The van der Waals surface area contributed by atoms with Crippen LogP contribution in [0, 0.1) is 17.5 Å². The summed E-state index contributed by atoms with van der Waals surface area (Å²) < 4.78 is 50.6. The Hall–Kier alpha value is -2.90. The first kappa shape index (κ1) is 16.9. The molecule has 25 heavy (non-hydrogen) atoms. The molecule has 0 saturated carbocycles. The molecule has 1 atom stereocenters. The van der Waals surface area contributed by atoms with Gasteiger partial charge in [-0.25, -0.2) is 13.2 Å². The Morgan fingerprint density at radius 3 is 2.52 bits per heavy atom. The Labute approximate surface area is 141 Å². The Bertz CT molecular complexity index is 814. The molecule has 1 heterocycles. The van der Waals surface area contributed by atoms with Crippen LogP contribution in [-0.4, -0.2) is 25.2 Å². The van der Waals surface area contributed by atoms with Gasteiger partial charge in [-0.05, 0) is 31.2 Å². The van der Waals surface area contributed by atoms with Gasteiger partial charge in [-0.3, -0.25) is 4.79 Å². The van der Waals surface area contributed by atoms with E-state index in [0.717, 1.165) is 12.1 Å². The van der Waals surface area contributed by atoms with Gasteiger partial charge >= 0.3 is 0 Å². The average Bonchev–Trinajstić information content (AvgIpc) is 2.62. The maximum absolute atomic E-state index is 13.6. The van der Waals surface area contributed by atoms with E-state index >= 15 is 0 Å². The minimum absolute atomic E-state index is 0.431. The number of rotatable bonds is 4. The number of halogens is 3. The lowest BCUT2D eigenvalue weighted by Gasteiger charge is -2.20. The van der Waals surface area contributed by atoms with Crippen LogP contribution in [-0.2, 0) is 4.79 Å². The number of benzene rings is 2. The molecule has 132 valence electrons. The Morgan fingerprint density at radius 1 is 1.04 bits per heavy atom. The van der Waals surface area contributed by atoms with Gasteiger partial charge in [0.25, 0.3) is 0 Å². The fourth-order valence-corrected chi connectivity index (χ4v) is 2.31.